The standard InChI is InChI=1S/C19H23NO5.ClH/c1-12(2)10-20-11-16-5-6-17(25-16)13-7-14(18(21)23-3)9-15(8-13)19(22)24-4;/h5-9,12,20H,10-11H2,1-4H3;1H. The highest BCUT2D eigenvalue weighted by Gasteiger charge is 2.16. The molecule has 0 fully saturated rings. The van der Waals surface area contributed by atoms with Crippen molar-refractivity contribution in [3.63, 3.8) is 0 Å². The lowest BCUT2D eigenvalue weighted by Gasteiger charge is -2.07. The quantitative estimate of drug-likeness (QED) is 0.737. The van der Waals surface area contributed by atoms with E-state index in [0.717, 1.165) is 12.3 Å². The summed E-state index contributed by atoms with van der Waals surface area (Å²) in [6.07, 6.45) is 0. The molecule has 0 aliphatic rings. The van der Waals surface area contributed by atoms with Crippen LogP contribution in [0.5, 0.6) is 0 Å². The van der Waals surface area contributed by atoms with Gasteiger partial charge in [-0.05, 0) is 42.8 Å². The molecule has 1 aromatic carbocycles. The summed E-state index contributed by atoms with van der Waals surface area (Å²) in [5.74, 6) is 0.833. The zero-order chi connectivity index (χ0) is 18.4. The van der Waals surface area contributed by atoms with E-state index in [4.69, 9.17) is 13.9 Å². The van der Waals surface area contributed by atoms with E-state index in [1.54, 1.807) is 12.1 Å². The minimum atomic E-state index is -0.530. The lowest BCUT2D eigenvalue weighted by molar-refractivity contribution is 0.0599. The molecule has 0 saturated carbocycles. The summed E-state index contributed by atoms with van der Waals surface area (Å²) in [5, 5.41) is 3.30. The van der Waals surface area contributed by atoms with Gasteiger partial charge in [-0.1, -0.05) is 13.8 Å². The molecule has 0 radical (unpaired) electrons. The molecule has 142 valence electrons. The maximum atomic E-state index is 11.9. The maximum absolute atomic E-state index is 11.9. The fourth-order valence-electron chi connectivity index (χ4n) is 2.35. The number of benzene rings is 1. The Bertz CT molecular complexity index is 720. The number of methoxy groups -OCH3 is 2. The summed E-state index contributed by atoms with van der Waals surface area (Å²) in [4.78, 5) is 23.7. The van der Waals surface area contributed by atoms with Crippen molar-refractivity contribution in [3.8, 4) is 11.3 Å². The van der Waals surface area contributed by atoms with Gasteiger partial charge in [0.1, 0.15) is 11.5 Å². The third kappa shape index (κ3) is 5.61. The van der Waals surface area contributed by atoms with Crippen molar-refractivity contribution in [3.05, 3.63) is 47.2 Å². The average molecular weight is 382 g/mol. The first-order valence-electron chi connectivity index (χ1n) is 8.06. The number of carbonyl (C=O) groups excluding carboxylic acids is 2. The van der Waals surface area contributed by atoms with E-state index < -0.39 is 11.9 Å². The highest BCUT2D eigenvalue weighted by atomic mass is 35.5. The SMILES string of the molecule is COC(=O)c1cc(C(=O)OC)cc(-c2ccc(CNCC(C)C)o2)c1.Cl. The van der Waals surface area contributed by atoms with Gasteiger partial charge >= 0.3 is 11.9 Å². The van der Waals surface area contributed by atoms with Crippen LogP contribution in [0.4, 0.5) is 0 Å². The first-order chi connectivity index (χ1) is 11.9. The second-order valence-electron chi connectivity index (χ2n) is 6.07. The van der Waals surface area contributed by atoms with Crippen LogP contribution in [0.25, 0.3) is 11.3 Å². The van der Waals surface area contributed by atoms with Gasteiger partial charge in [0.25, 0.3) is 0 Å². The second-order valence-corrected chi connectivity index (χ2v) is 6.07. The zero-order valence-electron chi connectivity index (χ0n) is 15.3. The van der Waals surface area contributed by atoms with Gasteiger partial charge in [-0.25, -0.2) is 9.59 Å². The summed E-state index contributed by atoms with van der Waals surface area (Å²) in [6.45, 7) is 5.76. The van der Waals surface area contributed by atoms with Crippen LogP contribution in [0.2, 0.25) is 0 Å². The smallest absolute Gasteiger partial charge is 0.337 e. The first-order valence-corrected chi connectivity index (χ1v) is 8.06. The average Bonchev–Trinajstić information content (AvgIpc) is 3.08. The third-order valence-electron chi connectivity index (χ3n) is 3.57. The van der Waals surface area contributed by atoms with Crippen molar-refractivity contribution in [1.82, 2.24) is 5.32 Å². The summed E-state index contributed by atoms with van der Waals surface area (Å²) in [6, 6.07) is 8.37. The normalized spacial score (nSPS) is 10.3. The van der Waals surface area contributed by atoms with E-state index in [0.29, 0.717) is 23.8 Å². The van der Waals surface area contributed by atoms with Gasteiger partial charge in [-0.2, -0.15) is 0 Å². The Morgan fingerprint density at radius 3 is 2.12 bits per heavy atom. The summed E-state index contributed by atoms with van der Waals surface area (Å²) in [5.41, 5.74) is 1.13. The Kier molecular flexibility index (Phi) is 8.35. The van der Waals surface area contributed by atoms with Gasteiger partial charge in [0.2, 0.25) is 0 Å². The van der Waals surface area contributed by atoms with E-state index in [1.165, 1.54) is 20.3 Å². The first kappa shape index (κ1) is 21.7. The van der Waals surface area contributed by atoms with E-state index in [1.807, 2.05) is 12.1 Å². The molecule has 6 nitrogen and oxygen atoms in total. The molecule has 1 heterocycles. The molecule has 1 N–H and O–H groups in total. The molecule has 0 amide bonds. The van der Waals surface area contributed by atoms with E-state index >= 15 is 0 Å². The number of ether oxygens (including phenoxy) is 2. The van der Waals surface area contributed by atoms with Crippen LogP contribution in [0.15, 0.2) is 34.7 Å². The fraction of sp³-hybridized carbons (Fsp3) is 0.368. The lowest BCUT2D eigenvalue weighted by Crippen LogP contribution is -2.18. The third-order valence-corrected chi connectivity index (χ3v) is 3.57. The Morgan fingerprint density at radius 2 is 1.62 bits per heavy atom. The Balaban J connectivity index is 0.00000338. The highest BCUT2D eigenvalue weighted by Crippen LogP contribution is 2.25. The van der Waals surface area contributed by atoms with Crippen LogP contribution < -0.4 is 5.32 Å². The minimum Gasteiger partial charge on any atom is -0.465 e. The number of esters is 2. The Morgan fingerprint density at radius 1 is 1.04 bits per heavy atom. The van der Waals surface area contributed by atoms with Gasteiger partial charge in [0.05, 0.1) is 31.9 Å². The summed E-state index contributed by atoms with van der Waals surface area (Å²) < 4.78 is 15.3. The zero-order valence-corrected chi connectivity index (χ0v) is 16.1. The maximum Gasteiger partial charge on any atom is 0.337 e. The van der Waals surface area contributed by atoms with Crippen LogP contribution in [-0.2, 0) is 16.0 Å². The number of hydrogen-bond donors (Lipinski definition) is 1. The predicted octanol–water partition coefficient (Wildman–Crippen LogP) is 3.69. The number of rotatable bonds is 7. The van der Waals surface area contributed by atoms with Crippen LogP contribution in [0.3, 0.4) is 0 Å². The fourth-order valence-corrected chi connectivity index (χ4v) is 2.35. The lowest BCUT2D eigenvalue weighted by atomic mass is 10.0. The summed E-state index contributed by atoms with van der Waals surface area (Å²) >= 11 is 0. The molecule has 0 spiro atoms. The molecule has 2 rings (SSSR count). The molecule has 0 aliphatic carbocycles. The molecule has 2 aromatic rings. The predicted molar refractivity (Wildman–Crippen MR) is 101 cm³/mol. The van der Waals surface area contributed by atoms with E-state index in [-0.39, 0.29) is 23.5 Å². The molecular formula is C19H24ClNO5. The highest BCUT2D eigenvalue weighted by molar-refractivity contribution is 5.97. The van der Waals surface area contributed by atoms with Crippen molar-refractivity contribution in [2.24, 2.45) is 5.92 Å². The molecule has 0 unspecified atom stereocenters. The minimum absolute atomic E-state index is 0. The number of carbonyl (C=O) groups is 2. The number of nitrogens with one attached hydrogen (secondary N) is 1. The number of furan rings is 1. The van der Waals surface area contributed by atoms with E-state index in [2.05, 4.69) is 19.2 Å². The van der Waals surface area contributed by atoms with Crippen LogP contribution in [0, 0.1) is 5.92 Å². The van der Waals surface area contributed by atoms with Crippen molar-refractivity contribution in [2.45, 2.75) is 20.4 Å². The Labute approximate surface area is 159 Å². The van der Waals surface area contributed by atoms with E-state index in [9.17, 15) is 9.59 Å². The molecule has 0 aliphatic heterocycles. The van der Waals surface area contributed by atoms with Crippen LogP contribution in [-0.4, -0.2) is 32.7 Å². The number of hydrogen-bond acceptors (Lipinski definition) is 6. The molecule has 26 heavy (non-hydrogen) atoms. The molecule has 0 atom stereocenters. The van der Waals surface area contributed by atoms with Crippen molar-refractivity contribution < 1.29 is 23.5 Å². The molecular weight excluding hydrogens is 358 g/mol. The van der Waals surface area contributed by atoms with Gasteiger partial charge < -0.3 is 19.2 Å². The number of halogens is 1. The van der Waals surface area contributed by atoms with Crippen molar-refractivity contribution in [1.29, 1.82) is 0 Å². The second kappa shape index (κ2) is 9.99. The summed E-state index contributed by atoms with van der Waals surface area (Å²) in [7, 11) is 2.58. The van der Waals surface area contributed by atoms with Crippen molar-refractivity contribution >= 4 is 24.3 Å². The van der Waals surface area contributed by atoms with Gasteiger partial charge in [0, 0.05) is 5.56 Å². The van der Waals surface area contributed by atoms with Gasteiger partial charge in [0.15, 0.2) is 0 Å². The van der Waals surface area contributed by atoms with Crippen LogP contribution in [0.1, 0.15) is 40.3 Å². The molecule has 0 saturated heterocycles. The largest absolute Gasteiger partial charge is 0.465 e. The Hall–Kier alpha value is -2.31. The molecule has 1 aromatic heterocycles. The molecule has 0 bridgehead atoms. The topological polar surface area (TPSA) is 77.8 Å². The monoisotopic (exact) mass is 381 g/mol. The van der Waals surface area contributed by atoms with Crippen LogP contribution >= 0.6 is 12.4 Å². The molecule has 7 heteroatoms. The van der Waals surface area contributed by atoms with Crippen molar-refractivity contribution in [2.75, 3.05) is 20.8 Å². The van der Waals surface area contributed by atoms with Gasteiger partial charge in [-0.3, -0.25) is 0 Å². The van der Waals surface area contributed by atoms with Gasteiger partial charge in [-0.15, -0.1) is 12.4 Å².